The largest absolute Gasteiger partial charge is 0.481 e. The minimum absolute atomic E-state index is 0.0214. The summed E-state index contributed by atoms with van der Waals surface area (Å²) < 4.78 is 0. The van der Waals surface area contributed by atoms with E-state index < -0.39 is 5.97 Å². The van der Waals surface area contributed by atoms with Crippen molar-refractivity contribution >= 4 is 35.1 Å². The SMILES string of the molecule is CC(=O)c1ccccc1Sc1ccc(Cl)cc1CC(=O)O. The minimum Gasteiger partial charge on any atom is -0.481 e. The van der Waals surface area contributed by atoms with E-state index in [1.165, 1.54) is 18.7 Å². The standard InChI is InChI=1S/C16H13ClO3S/c1-10(18)13-4-2-3-5-15(13)21-14-7-6-12(17)8-11(14)9-16(19)20/h2-8H,9H2,1H3,(H,19,20). The Labute approximate surface area is 131 Å². The maximum Gasteiger partial charge on any atom is 0.307 e. The highest BCUT2D eigenvalue weighted by molar-refractivity contribution is 7.99. The number of rotatable bonds is 5. The van der Waals surface area contributed by atoms with E-state index in [4.69, 9.17) is 16.7 Å². The van der Waals surface area contributed by atoms with E-state index in [0.717, 1.165) is 9.79 Å². The molecule has 21 heavy (non-hydrogen) atoms. The summed E-state index contributed by atoms with van der Waals surface area (Å²) in [5, 5.41) is 9.48. The normalized spacial score (nSPS) is 10.4. The van der Waals surface area contributed by atoms with Gasteiger partial charge in [0.2, 0.25) is 0 Å². The molecule has 0 saturated heterocycles. The number of carbonyl (C=O) groups excluding carboxylic acids is 1. The zero-order valence-electron chi connectivity index (χ0n) is 11.3. The highest BCUT2D eigenvalue weighted by Crippen LogP contribution is 2.34. The number of carboxylic acid groups (broad SMARTS) is 1. The second kappa shape index (κ2) is 6.78. The van der Waals surface area contributed by atoms with Crippen LogP contribution in [0.15, 0.2) is 52.3 Å². The van der Waals surface area contributed by atoms with Crippen LogP contribution in [-0.2, 0) is 11.2 Å². The van der Waals surface area contributed by atoms with Crippen molar-refractivity contribution in [2.45, 2.75) is 23.1 Å². The van der Waals surface area contributed by atoms with E-state index in [1.807, 2.05) is 12.1 Å². The number of halogens is 1. The van der Waals surface area contributed by atoms with Crippen molar-refractivity contribution in [3.63, 3.8) is 0 Å². The van der Waals surface area contributed by atoms with Crippen molar-refractivity contribution in [3.05, 3.63) is 58.6 Å². The summed E-state index contributed by atoms with van der Waals surface area (Å²) in [6.07, 6.45) is -0.106. The lowest BCUT2D eigenvalue weighted by Gasteiger charge is -2.10. The topological polar surface area (TPSA) is 54.4 Å². The molecule has 2 aromatic carbocycles. The molecule has 0 bridgehead atoms. The molecule has 0 unspecified atom stereocenters. The molecule has 108 valence electrons. The van der Waals surface area contributed by atoms with E-state index in [2.05, 4.69) is 0 Å². The molecule has 0 amide bonds. The molecule has 0 heterocycles. The van der Waals surface area contributed by atoms with Crippen molar-refractivity contribution in [2.75, 3.05) is 0 Å². The number of ketones is 1. The van der Waals surface area contributed by atoms with Gasteiger partial charge in [-0.05, 0) is 36.8 Å². The number of benzene rings is 2. The number of carbonyl (C=O) groups is 2. The zero-order chi connectivity index (χ0) is 15.4. The number of Topliss-reactive ketones (excluding diaryl/α,β-unsaturated/α-hetero) is 1. The summed E-state index contributed by atoms with van der Waals surface area (Å²) in [4.78, 5) is 24.2. The van der Waals surface area contributed by atoms with Crippen molar-refractivity contribution in [1.29, 1.82) is 0 Å². The Hall–Kier alpha value is -1.78. The van der Waals surface area contributed by atoms with E-state index in [-0.39, 0.29) is 12.2 Å². The lowest BCUT2D eigenvalue weighted by atomic mass is 10.1. The van der Waals surface area contributed by atoms with Gasteiger partial charge in [-0.1, -0.05) is 41.6 Å². The second-order valence-corrected chi connectivity index (χ2v) is 6.00. The Morgan fingerprint density at radius 3 is 2.52 bits per heavy atom. The van der Waals surface area contributed by atoms with Gasteiger partial charge in [-0.25, -0.2) is 0 Å². The van der Waals surface area contributed by atoms with Crippen LogP contribution in [0.4, 0.5) is 0 Å². The third-order valence-electron chi connectivity index (χ3n) is 2.85. The summed E-state index contributed by atoms with van der Waals surface area (Å²) in [6.45, 7) is 1.51. The highest BCUT2D eigenvalue weighted by Gasteiger charge is 2.12. The average Bonchev–Trinajstić information content (AvgIpc) is 2.41. The van der Waals surface area contributed by atoms with Crippen LogP contribution in [-0.4, -0.2) is 16.9 Å². The summed E-state index contributed by atoms with van der Waals surface area (Å²) >= 11 is 7.31. The predicted molar refractivity (Wildman–Crippen MR) is 83.4 cm³/mol. The fourth-order valence-electron chi connectivity index (χ4n) is 1.91. The first-order valence-electron chi connectivity index (χ1n) is 6.25. The molecule has 0 aliphatic rings. The monoisotopic (exact) mass is 320 g/mol. The van der Waals surface area contributed by atoms with Gasteiger partial charge in [0.15, 0.2) is 5.78 Å². The molecule has 0 saturated carbocycles. The van der Waals surface area contributed by atoms with Crippen LogP contribution in [0.1, 0.15) is 22.8 Å². The quantitative estimate of drug-likeness (QED) is 0.833. The molecule has 0 spiro atoms. The smallest absolute Gasteiger partial charge is 0.307 e. The number of aliphatic carboxylic acids is 1. The highest BCUT2D eigenvalue weighted by atomic mass is 35.5. The first-order valence-corrected chi connectivity index (χ1v) is 7.45. The van der Waals surface area contributed by atoms with E-state index in [9.17, 15) is 9.59 Å². The molecule has 1 N–H and O–H groups in total. The van der Waals surface area contributed by atoms with Gasteiger partial charge in [0.25, 0.3) is 0 Å². The maximum absolute atomic E-state index is 11.6. The molecule has 0 aliphatic heterocycles. The maximum atomic E-state index is 11.6. The van der Waals surface area contributed by atoms with Crippen molar-refractivity contribution in [1.82, 2.24) is 0 Å². The van der Waals surface area contributed by atoms with E-state index in [0.29, 0.717) is 16.1 Å². The lowest BCUT2D eigenvalue weighted by Crippen LogP contribution is -2.02. The Morgan fingerprint density at radius 2 is 1.86 bits per heavy atom. The second-order valence-electron chi connectivity index (χ2n) is 4.48. The van der Waals surface area contributed by atoms with Crippen LogP contribution >= 0.6 is 23.4 Å². The summed E-state index contributed by atoms with van der Waals surface area (Å²) in [6, 6.07) is 12.4. The van der Waals surface area contributed by atoms with Crippen LogP contribution in [0.25, 0.3) is 0 Å². The summed E-state index contributed by atoms with van der Waals surface area (Å²) in [5.74, 6) is -0.939. The number of carboxylic acids is 1. The molecule has 0 aromatic heterocycles. The van der Waals surface area contributed by atoms with Gasteiger partial charge in [0.1, 0.15) is 0 Å². The van der Waals surface area contributed by atoms with Crippen LogP contribution in [0.2, 0.25) is 5.02 Å². The van der Waals surface area contributed by atoms with Gasteiger partial charge in [-0.3, -0.25) is 9.59 Å². The van der Waals surface area contributed by atoms with Crippen molar-refractivity contribution in [2.24, 2.45) is 0 Å². The average molecular weight is 321 g/mol. The molecular formula is C16H13ClO3S. The summed E-state index contributed by atoms with van der Waals surface area (Å²) in [7, 11) is 0. The van der Waals surface area contributed by atoms with Gasteiger partial charge in [0.05, 0.1) is 6.42 Å². The van der Waals surface area contributed by atoms with Crippen LogP contribution in [0.3, 0.4) is 0 Å². The fraction of sp³-hybridized carbons (Fsp3) is 0.125. The molecule has 0 radical (unpaired) electrons. The lowest BCUT2D eigenvalue weighted by molar-refractivity contribution is -0.136. The molecule has 5 heteroatoms. The Bertz CT molecular complexity index is 698. The van der Waals surface area contributed by atoms with Gasteiger partial charge >= 0.3 is 5.97 Å². The van der Waals surface area contributed by atoms with Crippen molar-refractivity contribution in [3.8, 4) is 0 Å². The Kier molecular flexibility index (Phi) is 5.04. The number of hydrogen-bond acceptors (Lipinski definition) is 3. The predicted octanol–water partition coefficient (Wildman–Crippen LogP) is 4.32. The Balaban J connectivity index is 2.40. The third kappa shape index (κ3) is 4.09. The fourth-order valence-corrected chi connectivity index (χ4v) is 3.21. The van der Waals surface area contributed by atoms with Gasteiger partial charge in [-0.15, -0.1) is 0 Å². The molecule has 3 nitrogen and oxygen atoms in total. The first kappa shape index (κ1) is 15.6. The van der Waals surface area contributed by atoms with Crippen LogP contribution in [0.5, 0.6) is 0 Å². The van der Waals surface area contributed by atoms with Gasteiger partial charge in [-0.2, -0.15) is 0 Å². The Morgan fingerprint density at radius 1 is 1.14 bits per heavy atom. The zero-order valence-corrected chi connectivity index (χ0v) is 12.9. The van der Waals surface area contributed by atoms with Crippen LogP contribution in [0, 0.1) is 0 Å². The molecule has 0 fully saturated rings. The number of hydrogen-bond donors (Lipinski definition) is 1. The molecular weight excluding hydrogens is 308 g/mol. The first-order chi connectivity index (χ1) is 9.97. The molecule has 2 aromatic rings. The molecule has 0 aliphatic carbocycles. The molecule has 2 rings (SSSR count). The molecule has 0 atom stereocenters. The summed E-state index contributed by atoms with van der Waals surface area (Å²) in [5.41, 5.74) is 1.26. The van der Waals surface area contributed by atoms with Crippen molar-refractivity contribution < 1.29 is 14.7 Å². The van der Waals surface area contributed by atoms with Gasteiger partial charge < -0.3 is 5.11 Å². The third-order valence-corrected chi connectivity index (χ3v) is 4.28. The minimum atomic E-state index is -0.918. The van der Waals surface area contributed by atoms with Crippen LogP contribution < -0.4 is 0 Å². The van der Waals surface area contributed by atoms with E-state index >= 15 is 0 Å². The van der Waals surface area contributed by atoms with Gasteiger partial charge in [0, 0.05) is 20.4 Å². The van der Waals surface area contributed by atoms with E-state index in [1.54, 1.807) is 30.3 Å².